The van der Waals surface area contributed by atoms with Gasteiger partial charge in [-0.2, -0.15) is 4.31 Å². The van der Waals surface area contributed by atoms with Gasteiger partial charge in [-0.05, 0) is 67.3 Å². The molecule has 12 heteroatoms. The summed E-state index contributed by atoms with van der Waals surface area (Å²) in [5.74, 6) is 0.0351. The second kappa shape index (κ2) is 12.3. The summed E-state index contributed by atoms with van der Waals surface area (Å²) in [5.41, 5.74) is 1.63. The van der Waals surface area contributed by atoms with Crippen molar-refractivity contribution in [2.24, 2.45) is 0 Å². The summed E-state index contributed by atoms with van der Waals surface area (Å²) in [6.45, 7) is 2.38. The van der Waals surface area contributed by atoms with Crippen molar-refractivity contribution in [1.29, 1.82) is 0 Å². The molecule has 214 valence electrons. The van der Waals surface area contributed by atoms with Crippen LogP contribution in [0, 0.1) is 6.92 Å². The fraction of sp³-hybridized carbons (Fsp3) is 0.321. The zero-order valence-electron chi connectivity index (χ0n) is 22.7. The molecule has 0 aromatic heterocycles. The van der Waals surface area contributed by atoms with Crippen molar-refractivity contribution in [2.45, 2.75) is 36.1 Å². The number of rotatable bonds is 11. The Balaban J connectivity index is 1.54. The maximum Gasteiger partial charge on any atom is 0.268 e. The highest BCUT2D eigenvalue weighted by atomic mass is 32.2. The number of nitrogens with zero attached hydrogens (tertiary/aromatic N) is 2. The molecule has 0 unspecified atom stereocenters. The van der Waals surface area contributed by atoms with E-state index in [0.29, 0.717) is 30.0 Å². The molecule has 0 radical (unpaired) electrons. The van der Waals surface area contributed by atoms with E-state index in [1.165, 1.54) is 42.8 Å². The van der Waals surface area contributed by atoms with Crippen molar-refractivity contribution >= 4 is 31.6 Å². The first-order valence-electron chi connectivity index (χ1n) is 12.7. The number of methoxy groups -OCH3 is 2. The third kappa shape index (κ3) is 6.40. The smallest absolute Gasteiger partial charge is 0.268 e. The molecule has 0 aliphatic carbocycles. The van der Waals surface area contributed by atoms with Gasteiger partial charge in [0.2, 0.25) is 15.9 Å². The van der Waals surface area contributed by atoms with Gasteiger partial charge >= 0.3 is 0 Å². The lowest BCUT2D eigenvalue weighted by Gasteiger charge is -2.25. The molecule has 1 amide bonds. The largest absolute Gasteiger partial charge is 0.497 e. The van der Waals surface area contributed by atoms with Crippen LogP contribution in [0.5, 0.6) is 11.5 Å². The highest BCUT2D eigenvalue weighted by Gasteiger charge is 2.31. The molecule has 4 rings (SSSR count). The van der Waals surface area contributed by atoms with Crippen LogP contribution >= 0.6 is 0 Å². The Morgan fingerprint density at radius 3 is 2.27 bits per heavy atom. The molecular weight excluding hydrogens is 554 g/mol. The zero-order valence-corrected chi connectivity index (χ0v) is 24.3. The number of carbonyl (C=O) groups excluding carboxylic acids is 1. The van der Waals surface area contributed by atoms with Crippen LogP contribution < -0.4 is 19.1 Å². The molecule has 1 saturated heterocycles. The van der Waals surface area contributed by atoms with Crippen molar-refractivity contribution in [2.75, 3.05) is 38.2 Å². The lowest BCUT2D eigenvalue weighted by Crippen LogP contribution is -2.40. The Hall–Kier alpha value is -3.61. The van der Waals surface area contributed by atoms with Crippen LogP contribution in [0.25, 0.3) is 0 Å². The predicted molar refractivity (Wildman–Crippen MR) is 152 cm³/mol. The van der Waals surface area contributed by atoms with Crippen LogP contribution in [-0.2, 0) is 31.4 Å². The van der Waals surface area contributed by atoms with Gasteiger partial charge < -0.3 is 14.8 Å². The fourth-order valence-corrected chi connectivity index (χ4v) is 7.60. The maximum absolute atomic E-state index is 13.9. The summed E-state index contributed by atoms with van der Waals surface area (Å²) in [7, 11) is -4.92. The van der Waals surface area contributed by atoms with Gasteiger partial charge in [-0.15, -0.1) is 0 Å². The minimum Gasteiger partial charge on any atom is -0.497 e. The summed E-state index contributed by atoms with van der Waals surface area (Å²) < 4.78 is 66.4. The highest BCUT2D eigenvalue weighted by molar-refractivity contribution is 7.93. The van der Waals surface area contributed by atoms with E-state index in [-0.39, 0.29) is 27.8 Å². The van der Waals surface area contributed by atoms with Crippen molar-refractivity contribution in [3.05, 3.63) is 77.9 Å². The van der Waals surface area contributed by atoms with E-state index < -0.39 is 32.5 Å². The number of amides is 1. The van der Waals surface area contributed by atoms with Gasteiger partial charge in [0.1, 0.15) is 22.9 Å². The molecule has 10 nitrogen and oxygen atoms in total. The van der Waals surface area contributed by atoms with Crippen molar-refractivity contribution in [3.8, 4) is 11.5 Å². The number of benzene rings is 3. The number of sulfonamides is 2. The molecule has 1 N–H and O–H groups in total. The molecule has 3 aromatic rings. The first-order chi connectivity index (χ1) is 19.1. The van der Waals surface area contributed by atoms with Crippen LogP contribution in [0.15, 0.2) is 76.5 Å². The first-order valence-corrected chi connectivity index (χ1v) is 15.6. The van der Waals surface area contributed by atoms with Gasteiger partial charge in [0, 0.05) is 25.7 Å². The number of carbonyl (C=O) groups is 1. The Kier molecular flexibility index (Phi) is 9.02. The quantitative estimate of drug-likeness (QED) is 0.365. The molecule has 1 heterocycles. The highest BCUT2D eigenvalue weighted by Crippen LogP contribution is 2.32. The van der Waals surface area contributed by atoms with Gasteiger partial charge in [0.05, 0.1) is 24.8 Å². The molecule has 1 aliphatic heterocycles. The van der Waals surface area contributed by atoms with Crippen LogP contribution in [-0.4, -0.2) is 60.9 Å². The van der Waals surface area contributed by atoms with Crippen molar-refractivity contribution in [3.63, 3.8) is 0 Å². The minimum absolute atomic E-state index is 0.0691. The number of aryl methyl sites for hydroxylation is 1. The summed E-state index contributed by atoms with van der Waals surface area (Å²) in [5, 5.41) is 2.74. The Morgan fingerprint density at radius 1 is 0.925 bits per heavy atom. The third-order valence-corrected chi connectivity index (χ3v) is 10.3. The van der Waals surface area contributed by atoms with E-state index in [0.717, 1.165) is 17.1 Å². The summed E-state index contributed by atoms with van der Waals surface area (Å²) in [4.78, 5) is 13.2. The molecule has 1 fully saturated rings. The fourth-order valence-electron chi connectivity index (χ4n) is 4.43. The van der Waals surface area contributed by atoms with Gasteiger partial charge in [-0.25, -0.2) is 16.8 Å². The normalized spacial score (nSPS) is 14.1. The van der Waals surface area contributed by atoms with E-state index in [1.54, 1.807) is 49.4 Å². The molecule has 0 atom stereocenters. The molecule has 3 aromatic carbocycles. The van der Waals surface area contributed by atoms with Crippen LogP contribution in [0.2, 0.25) is 0 Å². The van der Waals surface area contributed by atoms with Crippen LogP contribution in [0.3, 0.4) is 0 Å². The summed E-state index contributed by atoms with van der Waals surface area (Å²) in [6, 6.07) is 17.5. The van der Waals surface area contributed by atoms with Crippen LogP contribution in [0.1, 0.15) is 24.0 Å². The number of hydrogen-bond donors (Lipinski definition) is 1. The number of anilines is 1. The number of ether oxygens (including phenoxy) is 2. The van der Waals surface area contributed by atoms with Crippen molar-refractivity contribution in [1.82, 2.24) is 9.62 Å². The SMILES string of the molecule is COc1cccc(N(CC(=O)NCc2ccc(S(=O)(=O)N3CCCC3)cc2)S(=O)(=O)c2cc(C)ccc2OC)c1. The second-order valence-electron chi connectivity index (χ2n) is 9.40. The van der Waals surface area contributed by atoms with Crippen LogP contribution in [0.4, 0.5) is 5.69 Å². The Bertz CT molecular complexity index is 1570. The van der Waals surface area contributed by atoms with E-state index >= 15 is 0 Å². The lowest BCUT2D eigenvalue weighted by molar-refractivity contribution is -0.119. The zero-order chi connectivity index (χ0) is 28.9. The second-order valence-corrected chi connectivity index (χ2v) is 13.2. The lowest BCUT2D eigenvalue weighted by atomic mass is 10.2. The molecule has 0 saturated carbocycles. The third-order valence-electron chi connectivity index (χ3n) is 6.63. The average molecular weight is 588 g/mol. The standard InChI is InChI=1S/C28H33N3O7S2/c1-21-9-14-26(38-3)27(17-21)40(35,36)31(23-7-6-8-24(18-23)37-2)20-28(32)29-19-22-10-12-25(13-11-22)39(33,34)30-15-4-5-16-30/h6-14,17-18H,4-5,15-16,19-20H2,1-3H3,(H,29,32). The van der Waals surface area contributed by atoms with E-state index in [9.17, 15) is 21.6 Å². The van der Waals surface area contributed by atoms with E-state index in [2.05, 4.69) is 5.32 Å². The number of nitrogens with one attached hydrogen (secondary N) is 1. The summed E-state index contributed by atoms with van der Waals surface area (Å²) >= 11 is 0. The number of hydrogen-bond acceptors (Lipinski definition) is 7. The maximum atomic E-state index is 13.9. The first kappa shape index (κ1) is 29.4. The summed E-state index contributed by atoms with van der Waals surface area (Å²) in [6.07, 6.45) is 1.70. The molecule has 1 aliphatic rings. The van der Waals surface area contributed by atoms with E-state index in [4.69, 9.17) is 9.47 Å². The van der Waals surface area contributed by atoms with Gasteiger partial charge in [-0.1, -0.05) is 24.3 Å². The predicted octanol–water partition coefficient (Wildman–Crippen LogP) is 3.31. The monoisotopic (exact) mass is 587 g/mol. The average Bonchev–Trinajstić information content (AvgIpc) is 3.51. The van der Waals surface area contributed by atoms with Gasteiger partial charge in [0.25, 0.3) is 10.0 Å². The minimum atomic E-state index is -4.23. The van der Waals surface area contributed by atoms with Gasteiger partial charge in [0.15, 0.2) is 0 Å². The van der Waals surface area contributed by atoms with Crippen molar-refractivity contribution < 1.29 is 31.1 Å². The molecule has 0 spiro atoms. The topological polar surface area (TPSA) is 122 Å². The Labute approximate surface area is 235 Å². The molecule has 0 bridgehead atoms. The Morgan fingerprint density at radius 2 is 1.62 bits per heavy atom. The van der Waals surface area contributed by atoms with Gasteiger partial charge in [-0.3, -0.25) is 9.10 Å². The van der Waals surface area contributed by atoms with E-state index in [1.807, 2.05) is 0 Å². The molecule has 40 heavy (non-hydrogen) atoms. The molecular formula is C28H33N3O7S2.